The van der Waals surface area contributed by atoms with E-state index in [2.05, 4.69) is 20.8 Å². The SMILES string of the molecule is [C-]#[N+]C1c2cccc(Br)c2C=CN1C(=O)c1ccccc1. The summed E-state index contributed by atoms with van der Waals surface area (Å²) in [6.45, 7) is 7.47. The van der Waals surface area contributed by atoms with Gasteiger partial charge >= 0.3 is 6.17 Å². The van der Waals surface area contributed by atoms with Gasteiger partial charge in [-0.3, -0.25) is 9.64 Å². The zero-order valence-electron chi connectivity index (χ0n) is 11.0. The van der Waals surface area contributed by atoms with Gasteiger partial charge in [-0.2, -0.15) is 0 Å². The largest absolute Gasteiger partial charge is 0.331 e. The molecule has 3 rings (SSSR count). The molecule has 1 atom stereocenters. The van der Waals surface area contributed by atoms with E-state index in [4.69, 9.17) is 6.57 Å². The summed E-state index contributed by atoms with van der Waals surface area (Å²) < 4.78 is 0.928. The van der Waals surface area contributed by atoms with Crippen LogP contribution in [0.3, 0.4) is 0 Å². The number of carbonyl (C=O) groups is 1. The second-order valence-electron chi connectivity index (χ2n) is 4.64. The van der Waals surface area contributed by atoms with Crippen LogP contribution in [0.5, 0.6) is 0 Å². The fourth-order valence-corrected chi connectivity index (χ4v) is 2.89. The van der Waals surface area contributed by atoms with Gasteiger partial charge in [-0.1, -0.05) is 40.2 Å². The Labute approximate surface area is 131 Å². The molecule has 0 radical (unpaired) electrons. The summed E-state index contributed by atoms with van der Waals surface area (Å²) in [6, 6.07) is 14.7. The van der Waals surface area contributed by atoms with Crippen LogP contribution in [0.15, 0.2) is 59.2 Å². The Morgan fingerprint density at radius 1 is 1.14 bits per heavy atom. The zero-order valence-corrected chi connectivity index (χ0v) is 12.6. The number of rotatable bonds is 1. The molecule has 1 heterocycles. The number of hydrogen-bond donors (Lipinski definition) is 0. The Balaban J connectivity index is 2.04. The maximum Gasteiger partial charge on any atom is 0.331 e. The Hall–Kier alpha value is -2.38. The summed E-state index contributed by atoms with van der Waals surface area (Å²) >= 11 is 3.48. The molecule has 0 saturated carbocycles. The van der Waals surface area contributed by atoms with Crippen LogP contribution in [0.25, 0.3) is 10.9 Å². The highest BCUT2D eigenvalue weighted by Crippen LogP contribution is 2.35. The van der Waals surface area contributed by atoms with Gasteiger partial charge < -0.3 is 0 Å². The number of amides is 1. The first-order valence-corrected chi connectivity index (χ1v) is 7.22. The topological polar surface area (TPSA) is 24.7 Å². The maximum atomic E-state index is 12.6. The number of fused-ring (bicyclic) bond motifs is 1. The monoisotopic (exact) mass is 338 g/mol. The smallest absolute Gasteiger partial charge is 0.284 e. The molecule has 0 aliphatic carbocycles. The summed E-state index contributed by atoms with van der Waals surface area (Å²) in [5.74, 6) is -0.168. The minimum absolute atomic E-state index is 0.168. The van der Waals surface area contributed by atoms with Crippen LogP contribution in [-0.4, -0.2) is 10.8 Å². The summed E-state index contributed by atoms with van der Waals surface area (Å²) in [7, 11) is 0. The third-order valence-corrected chi connectivity index (χ3v) is 4.10. The van der Waals surface area contributed by atoms with E-state index in [-0.39, 0.29) is 5.91 Å². The van der Waals surface area contributed by atoms with Crippen LogP contribution in [0.4, 0.5) is 0 Å². The van der Waals surface area contributed by atoms with Gasteiger partial charge in [0.25, 0.3) is 5.91 Å². The van der Waals surface area contributed by atoms with Crippen molar-refractivity contribution in [3.05, 3.63) is 87.3 Å². The van der Waals surface area contributed by atoms with Gasteiger partial charge in [-0.15, -0.1) is 0 Å². The predicted molar refractivity (Wildman–Crippen MR) is 85.1 cm³/mol. The summed E-state index contributed by atoms with van der Waals surface area (Å²) in [4.78, 5) is 17.7. The molecule has 1 amide bonds. The van der Waals surface area contributed by atoms with Crippen LogP contribution in [-0.2, 0) is 0 Å². The molecule has 102 valence electrons. The van der Waals surface area contributed by atoms with Crippen LogP contribution < -0.4 is 0 Å². The highest BCUT2D eigenvalue weighted by molar-refractivity contribution is 9.10. The predicted octanol–water partition coefficient (Wildman–Crippen LogP) is 4.49. The van der Waals surface area contributed by atoms with Crippen molar-refractivity contribution in [1.82, 2.24) is 4.90 Å². The van der Waals surface area contributed by atoms with E-state index in [0.717, 1.165) is 15.6 Å². The van der Waals surface area contributed by atoms with Crippen molar-refractivity contribution in [2.45, 2.75) is 6.17 Å². The number of nitrogens with zero attached hydrogens (tertiary/aromatic N) is 2. The molecule has 3 nitrogen and oxygen atoms in total. The van der Waals surface area contributed by atoms with E-state index < -0.39 is 6.17 Å². The first kappa shape index (κ1) is 13.6. The fraction of sp³-hybridized carbons (Fsp3) is 0.0588. The highest BCUT2D eigenvalue weighted by atomic mass is 79.9. The van der Waals surface area contributed by atoms with Crippen molar-refractivity contribution in [1.29, 1.82) is 0 Å². The minimum atomic E-state index is -0.629. The molecule has 2 aromatic carbocycles. The average molecular weight is 339 g/mol. The van der Waals surface area contributed by atoms with Gasteiger partial charge in [0.15, 0.2) is 0 Å². The van der Waals surface area contributed by atoms with Crippen LogP contribution in [0.1, 0.15) is 27.7 Å². The Bertz CT molecular complexity index is 762. The van der Waals surface area contributed by atoms with E-state index in [9.17, 15) is 4.79 Å². The van der Waals surface area contributed by atoms with Crippen molar-refractivity contribution in [3.63, 3.8) is 0 Å². The number of hydrogen-bond acceptors (Lipinski definition) is 1. The first-order valence-electron chi connectivity index (χ1n) is 6.43. The van der Waals surface area contributed by atoms with Crippen molar-refractivity contribution in [2.24, 2.45) is 0 Å². The van der Waals surface area contributed by atoms with Crippen molar-refractivity contribution < 1.29 is 4.79 Å². The van der Waals surface area contributed by atoms with Gasteiger partial charge in [-0.25, -0.2) is 11.5 Å². The molecule has 0 spiro atoms. The van der Waals surface area contributed by atoms with Gasteiger partial charge in [0, 0.05) is 21.8 Å². The average Bonchev–Trinajstić information content (AvgIpc) is 2.54. The Kier molecular flexibility index (Phi) is 3.59. The normalized spacial score (nSPS) is 16.2. The quantitative estimate of drug-likeness (QED) is 0.703. The van der Waals surface area contributed by atoms with Crippen molar-refractivity contribution in [2.75, 3.05) is 0 Å². The van der Waals surface area contributed by atoms with Gasteiger partial charge in [-0.05, 0) is 30.3 Å². The molecule has 1 aliphatic heterocycles. The van der Waals surface area contributed by atoms with Gasteiger partial charge in [0.1, 0.15) is 0 Å². The van der Waals surface area contributed by atoms with E-state index in [1.807, 2.05) is 42.5 Å². The molecule has 2 aromatic rings. The van der Waals surface area contributed by atoms with Crippen LogP contribution >= 0.6 is 15.9 Å². The molecule has 0 fully saturated rings. The first-order chi connectivity index (χ1) is 10.2. The number of halogens is 1. The lowest BCUT2D eigenvalue weighted by Gasteiger charge is -2.25. The van der Waals surface area contributed by atoms with E-state index in [1.54, 1.807) is 18.3 Å². The lowest BCUT2D eigenvalue weighted by molar-refractivity contribution is 0.0790. The van der Waals surface area contributed by atoms with Gasteiger partial charge in [0.05, 0.1) is 5.56 Å². The molecular formula is C17H11BrN2O. The van der Waals surface area contributed by atoms with Crippen molar-refractivity contribution in [3.8, 4) is 0 Å². The maximum absolute atomic E-state index is 12.6. The summed E-state index contributed by atoms with van der Waals surface area (Å²) in [5, 5.41) is 0. The second-order valence-corrected chi connectivity index (χ2v) is 5.49. The molecular weight excluding hydrogens is 328 g/mol. The zero-order chi connectivity index (χ0) is 14.8. The fourth-order valence-electron chi connectivity index (χ4n) is 2.38. The second kappa shape index (κ2) is 5.55. The number of benzene rings is 2. The summed E-state index contributed by atoms with van der Waals surface area (Å²) in [6.07, 6.45) is 2.92. The molecule has 4 heteroatoms. The molecule has 0 saturated heterocycles. The molecule has 0 N–H and O–H groups in total. The lowest BCUT2D eigenvalue weighted by atomic mass is 10.0. The lowest BCUT2D eigenvalue weighted by Crippen LogP contribution is -2.30. The third-order valence-electron chi connectivity index (χ3n) is 3.41. The number of carbonyl (C=O) groups excluding carboxylic acids is 1. The van der Waals surface area contributed by atoms with E-state index in [1.165, 1.54) is 4.90 Å². The van der Waals surface area contributed by atoms with E-state index in [0.29, 0.717) is 5.56 Å². The standard InChI is InChI=1S/C17H11BrN2O/c1-19-16-14-8-5-9-15(18)13(14)10-11-20(16)17(21)12-6-3-2-4-7-12/h2-11,16H. The Morgan fingerprint density at radius 2 is 1.90 bits per heavy atom. The molecule has 1 aliphatic rings. The molecule has 0 aromatic heterocycles. The Morgan fingerprint density at radius 3 is 2.62 bits per heavy atom. The van der Waals surface area contributed by atoms with Crippen LogP contribution in [0.2, 0.25) is 0 Å². The van der Waals surface area contributed by atoms with Crippen molar-refractivity contribution >= 4 is 27.9 Å². The highest BCUT2D eigenvalue weighted by Gasteiger charge is 2.33. The third kappa shape index (κ3) is 2.37. The molecule has 1 unspecified atom stereocenters. The van der Waals surface area contributed by atoms with Gasteiger partial charge in [0.2, 0.25) is 0 Å². The minimum Gasteiger partial charge on any atom is -0.284 e. The van der Waals surface area contributed by atoms with Crippen LogP contribution in [0, 0.1) is 6.57 Å². The molecule has 0 bridgehead atoms. The van der Waals surface area contributed by atoms with E-state index >= 15 is 0 Å². The summed E-state index contributed by atoms with van der Waals surface area (Å²) in [5.41, 5.74) is 2.37. The molecule has 21 heavy (non-hydrogen) atoms.